The van der Waals surface area contributed by atoms with Gasteiger partial charge in [-0.1, -0.05) is 31.4 Å². The molecule has 1 aromatic heterocycles. The molecule has 0 spiro atoms. The Morgan fingerprint density at radius 1 is 1.54 bits per heavy atom. The number of aliphatic hydroxyl groups excluding tert-OH is 1. The summed E-state index contributed by atoms with van der Waals surface area (Å²) in [5.41, 5.74) is 1.05. The van der Waals surface area contributed by atoms with E-state index < -0.39 is 0 Å². The molecule has 2 N–H and O–H groups in total. The molecule has 0 aliphatic heterocycles. The lowest BCUT2D eigenvalue weighted by Gasteiger charge is -2.39. The van der Waals surface area contributed by atoms with Gasteiger partial charge in [0.25, 0.3) is 0 Å². The Morgan fingerprint density at radius 2 is 2.25 bits per heavy atom. The van der Waals surface area contributed by atoms with Crippen molar-refractivity contribution in [3.8, 4) is 0 Å². The molecule has 1 aliphatic rings. The zero-order chi connectivity index (χ0) is 17.0. The van der Waals surface area contributed by atoms with Gasteiger partial charge in [-0.3, -0.25) is 4.99 Å². The first-order chi connectivity index (χ1) is 10.9. The molecule has 1 saturated carbocycles. The van der Waals surface area contributed by atoms with Gasteiger partial charge in [-0.15, -0.1) is 24.0 Å². The average molecular weight is 469 g/mol. The monoisotopic (exact) mass is 468 g/mol. The summed E-state index contributed by atoms with van der Waals surface area (Å²) in [6.45, 7) is 3.62. The highest BCUT2D eigenvalue weighted by Crippen LogP contribution is 2.35. The fraction of sp³-hybridized carbons (Fsp3) is 0.706. The van der Waals surface area contributed by atoms with E-state index in [-0.39, 0.29) is 35.5 Å². The van der Waals surface area contributed by atoms with Crippen LogP contribution in [0.15, 0.2) is 17.3 Å². The van der Waals surface area contributed by atoms with E-state index in [1.54, 1.807) is 7.05 Å². The minimum Gasteiger partial charge on any atom is -0.392 e. The Labute approximate surface area is 167 Å². The van der Waals surface area contributed by atoms with Crippen molar-refractivity contribution in [2.75, 3.05) is 20.6 Å². The standard InChI is InChI=1S/C17H29ClN4O.HI/c1-17(8-6-5-7-15(17)23)12-20-16(19-2)22(4)11-14-9-13(18)10-21(14)3;/h9-10,15,23H,5-8,11-12H2,1-4H3,(H,19,20);1H. The van der Waals surface area contributed by atoms with Crippen LogP contribution < -0.4 is 5.32 Å². The number of guanidine groups is 1. The predicted molar refractivity (Wildman–Crippen MR) is 111 cm³/mol. The fourth-order valence-corrected chi connectivity index (χ4v) is 3.57. The summed E-state index contributed by atoms with van der Waals surface area (Å²) in [4.78, 5) is 6.44. The Kier molecular flexibility index (Phi) is 8.35. The molecular formula is C17H30ClIN4O. The fourth-order valence-electron chi connectivity index (χ4n) is 3.29. The maximum atomic E-state index is 10.3. The number of nitrogens with zero attached hydrogens (tertiary/aromatic N) is 3. The van der Waals surface area contributed by atoms with Crippen LogP contribution in [0.2, 0.25) is 5.02 Å². The Hall–Kier alpha value is -0.470. The molecule has 0 bridgehead atoms. The number of hydrogen-bond acceptors (Lipinski definition) is 2. The van der Waals surface area contributed by atoms with Crippen LogP contribution in [0.25, 0.3) is 0 Å². The predicted octanol–water partition coefficient (Wildman–Crippen LogP) is 3.24. The van der Waals surface area contributed by atoms with Crippen LogP contribution in [0.3, 0.4) is 0 Å². The lowest BCUT2D eigenvalue weighted by atomic mass is 9.73. The van der Waals surface area contributed by atoms with E-state index in [1.165, 1.54) is 6.42 Å². The molecule has 0 radical (unpaired) electrons. The molecule has 1 fully saturated rings. The second-order valence-electron chi connectivity index (χ2n) is 6.93. The SMILES string of the molecule is CN=C(NCC1(C)CCCCC1O)N(C)Cc1cc(Cl)cn1C.I. The summed E-state index contributed by atoms with van der Waals surface area (Å²) in [6.07, 6.45) is 5.92. The number of aryl methyl sites for hydroxylation is 1. The van der Waals surface area contributed by atoms with Gasteiger partial charge < -0.3 is 19.9 Å². The highest BCUT2D eigenvalue weighted by atomic mass is 127. The maximum absolute atomic E-state index is 10.3. The number of nitrogens with one attached hydrogen (secondary N) is 1. The number of aromatic nitrogens is 1. The molecule has 2 rings (SSSR count). The van der Waals surface area contributed by atoms with Crippen molar-refractivity contribution in [2.45, 2.75) is 45.3 Å². The minimum absolute atomic E-state index is 0. The summed E-state index contributed by atoms with van der Waals surface area (Å²) in [7, 11) is 5.79. The topological polar surface area (TPSA) is 52.8 Å². The summed E-state index contributed by atoms with van der Waals surface area (Å²) in [5, 5.41) is 14.5. The van der Waals surface area contributed by atoms with Crippen LogP contribution in [-0.2, 0) is 13.6 Å². The molecule has 1 heterocycles. The third-order valence-corrected chi connectivity index (χ3v) is 5.18. The van der Waals surface area contributed by atoms with Crippen molar-refractivity contribution in [3.05, 3.63) is 23.0 Å². The van der Waals surface area contributed by atoms with E-state index in [0.29, 0.717) is 0 Å². The van der Waals surface area contributed by atoms with Gasteiger partial charge >= 0.3 is 0 Å². The first kappa shape index (κ1) is 21.6. The van der Waals surface area contributed by atoms with E-state index in [4.69, 9.17) is 11.6 Å². The van der Waals surface area contributed by atoms with Crippen molar-refractivity contribution in [1.29, 1.82) is 0 Å². The molecule has 2 atom stereocenters. The van der Waals surface area contributed by atoms with Gasteiger partial charge in [0.2, 0.25) is 0 Å². The molecule has 7 heteroatoms. The van der Waals surface area contributed by atoms with Gasteiger partial charge in [0.1, 0.15) is 0 Å². The zero-order valence-electron chi connectivity index (χ0n) is 15.0. The van der Waals surface area contributed by atoms with Crippen molar-refractivity contribution in [2.24, 2.45) is 17.5 Å². The molecule has 5 nitrogen and oxygen atoms in total. The van der Waals surface area contributed by atoms with Crippen molar-refractivity contribution in [3.63, 3.8) is 0 Å². The summed E-state index contributed by atoms with van der Waals surface area (Å²) in [6, 6.07) is 1.97. The van der Waals surface area contributed by atoms with Gasteiger partial charge in [0.15, 0.2) is 5.96 Å². The van der Waals surface area contributed by atoms with E-state index >= 15 is 0 Å². The lowest BCUT2D eigenvalue weighted by Crippen LogP contribution is -2.48. The summed E-state index contributed by atoms with van der Waals surface area (Å²) >= 11 is 6.05. The highest BCUT2D eigenvalue weighted by molar-refractivity contribution is 14.0. The maximum Gasteiger partial charge on any atom is 0.193 e. The molecule has 1 aromatic rings. The number of hydrogen-bond donors (Lipinski definition) is 2. The molecular weight excluding hydrogens is 439 g/mol. The normalized spacial score (nSPS) is 24.4. The van der Waals surface area contributed by atoms with Crippen LogP contribution >= 0.6 is 35.6 Å². The number of halogens is 2. The van der Waals surface area contributed by atoms with Crippen LogP contribution in [0.5, 0.6) is 0 Å². The molecule has 138 valence electrons. The van der Waals surface area contributed by atoms with Gasteiger partial charge in [-0.2, -0.15) is 0 Å². The first-order valence-electron chi connectivity index (χ1n) is 8.26. The summed E-state index contributed by atoms with van der Waals surface area (Å²) < 4.78 is 2.03. The third kappa shape index (κ3) is 5.26. The van der Waals surface area contributed by atoms with E-state index in [1.807, 2.05) is 30.9 Å². The largest absolute Gasteiger partial charge is 0.392 e. The Bertz CT molecular complexity index is 563. The van der Waals surface area contributed by atoms with Gasteiger partial charge in [-0.05, 0) is 18.9 Å². The first-order valence-corrected chi connectivity index (χ1v) is 8.64. The van der Waals surface area contributed by atoms with Gasteiger partial charge in [-0.25, -0.2) is 0 Å². The third-order valence-electron chi connectivity index (χ3n) is 4.98. The molecule has 0 aromatic carbocycles. The highest BCUT2D eigenvalue weighted by Gasteiger charge is 2.35. The van der Waals surface area contributed by atoms with Crippen LogP contribution in [0.4, 0.5) is 0 Å². The summed E-state index contributed by atoms with van der Waals surface area (Å²) in [5.74, 6) is 0.835. The van der Waals surface area contributed by atoms with E-state index in [0.717, 1.165) is 49.0 Å². The molecule has 0 saturated heterocycles. The number of aliphatic imine (C=N–C) groups is 1. The minimum atomic E-state index is -0.237. The quantitative estimate of drug-likeness (QED) is 0.405. The second kappa shape index (κ2) is 9.29. The number of rotatable bonds is 4. The van der Waals surface area contributed by atoms with Crippen molar-refractivity contribution < 1.29 is 5.11 Å². The van der Waals surface area contributed by atoms with E-state index in [9.17, 15) is 5.11 Å². The van der Waals surface area contributed by atoms with Crippen molar-refractivity contribution in [1.82, 2.24) is 14.8 Å². The van der Waals surface area contributed by atoms with Crippen LogP contribution in [0.1, 0.15) is 38.3 Å². The van der Waals surface area contributed by atoms with E-state index in [2.05, 4.69) is 22.1 Å². The lowest BCUT2D eigenvalue weighted by molar-refractivity contribution is 0.00368. The Morgan fingerprint density at radius 3 is 2.79 bits per heavy atom. The van der Waals surface area contributed by atoms with Crippen LogP contribution in [0, 0.1) is 5.41 Å². The van der Waals surface area contributed by atoms with Gasteiger partial charge in [0.05, 0.1) is 17.7 Å². The second-order valence-corrected chi connectivity index (χ2v) is 7.37. The molecule has 24 heavy (non-hydrogen) atoms. The zero-order valence-corrected chi connectivity index (χ0v) is 18.1. The smallest absolute Gasteiger partial charge is 0.193 e. The molecule has 0 amide bonds. The number of aliphatic hydroxyl groups is 1. The Balaban J connectivity index is 0.00000288. The molecule has 1 aliphatic carbocycles. The van der Waals surface area contributed by atoms with Gasteiger partial charge in [0, 0.05) is 45.0 Å². The van der Waals surface area contributed by atoms with Crippen molar-refractivity contribution >= 4 is 41.5 Å². The molecule has 2 unspecified atom stereocenters. The van der Waals surface area contributed by atoms with Crippen LogP contribution in [-0.4, -0.2) is 47.3 Å². The average Bonchev–Trinajstić information content (AvgIpc) is 2.81.